The van der Waals surface area contributed by atoms with E-state index in [1.165, 1.54) is 23.3 Å². The summed E-state index contributed by atoms with van der Waals surface area (Å²) < 4.78 is 1.91. The van der Waals surface area contributed by atoms with Gasteiger partial charge in [0.05, 0.1) is 17.1 Å². The number of hydrogen-bond donors (Lipinski definition) is 1. The minimum atomic E-state index is 0.186. The van der Waals surface area contributed by atoms with Crippen LogP contribution in [0, 0.1) is 0 Å². The second kappa shape index (κ2) is 7.29. The normalized spacial score (nSPS) is 19.3. The van der Waals surface area contributed by atoms with Gasteiger partial charge >= 0.3 is 0 Å². The van der Waals surface area contributed by atoms with Crippen molar-refractivity contribution in [3.05, 3.63) is 45.4 Å². The molecule has 0 radical (unpaired) electrons. The van der Waals surface area contributed by atoms with Crippen LogP contribution >= 0.6 is 11.3 Å². The number of carbonyl (C=O) groups excluding carboxylic acids is 1. The van der Waals surface area contributed by atoms with Crippen LogP contribution in [0.1, 0.15) is 51.0 Å². The lowest BCUT2D eigenvalue weighted by Gasteiger charge is -2.15. The molecular formula is C21H25N5OS. The number of nitrogens with zero attached hydrogens (tertiary/aromatic N) is 4. The molecule has 1 saturated heterocycles. The van der Waals surface area contributed by atoms with Crippen LogP contribution in [0.25, 0.3) is 11.0 Å². The molecule has 1 aliphatic carbocycles. The van der Waals surface area contributed by atoms with Crippen LogP contribution in [0.15, 0.2) is 24.4 Å². The van der Waals surface area contributed by atoms with Crippen LogP contribution in [0.4, 0.5) is 0 Å². The summed E-state index contributed by atoms with van der Waals surface area (Å²) in [6.45, 7) is 2.71. The highest BCUT2D eigenvalue weighted by atomic mass is 32.1. The van der Waals surface area contributed by atoms with Gasteiger partial charge < -0.3 is 10.6 Å². The Kier molecular flexibility index (Phi) is 4.64. The molecule has 146 valence electrons. The van der Waals surface area contributed by atoms with Crippen molar-refractivity contribution in [2.45, 2.75) is 44.6 Å². The first-order valence-electron chi connectivity index (χ1n) is 10.2. The molecule has 0 bridgehead atoms. The molecular weight excluding hydrogens is 370 g/mol. The summed E-state index contributed by atoms with van der Waals surface area (Å²) >= 11 is 1.71. The second-order valence-electron chi connectivity index (χ2n) is 7.77. The number of fused-ring (bicyclic) bond motifs is 2. The van der Waals surface area contributed by atoms with Crippen molar-refractivity contribution in [2.24, 2.45) is 5.73 Å². The Morgan fingerprint density at radius 2 is 2.21 bits per heavy atom. The number of pyridine rings is 1. The molecule has 2 N–H and O–H groups in total. The van der Waals surface area contributed by atoms with Crippen molar-refractivity contribution in [1.82, 2.24) is 19.7 Å². The van der Waals surface area contributed by atoms with E-state index in [4.69, 9.17) is 10.8 Å². The van der Waals surface area contributed by atoms with Gasteiger partial charge in [-0.15, -0.1) is 11.3 Å². The predicted molar refractivity (Wildman–Crippen MR) is 111 cm³/mol. The summed E-state index contributed by atoms with van der Waals surface area (Å²) in [6, 6.07) is 6.17. The average molecular weight is 396 g/mol. The first-order valence-corrected chi connectivity index (χ1v) is 11.0. The summed E-state index contributed by atoms with van der Waals surface area (Å²) in [5.41, 5.74) is 9.08. The van der Waals surface area contributed by atoms with E-state index in [0.29, 0.717) is 13.1 Å². The molecule has 0 aromatic carbocycles. The van der Waals surface area contributed by atoms with Crippen molar-refractivity contribution in [3.63, 3.8) is 0 Å². The van der Waals surface area contributed by atoms with Gasteiger partial charge in [-0.2, -0.15) is 5.10 Å². The van der Waals surface area contributed by atoms with Crippen LogP contribution in [-0.2, 0) is 19.4 Å². The number of rotatable bonds is 4. The quantitative estimate of drug-likeness (QED) is 0.737. The summed E-state index contributed by atoms with van der Waals surface area (Å²) in [5, 5.41) is 5.90. The van der Waals surface area contributed by atoms with Gasteiger partial charge in [-0.25, -0.2) is 9.67 Å². The van der Waals surface area contributed by atoms with Gasteiger partial charge in [-0.3, -0.25) is 4.79 Å². The third kappa shape index (κ3) is 3.02. The van der Waals surface area contributed by atoms with Gasteiger partial charge in [0, 0.05) is 42.0 Å². The van der Waals surface area contributed by atoms with Crippen LogP contribution in [-0.4, -0.2) is 45.2 Å². The van der Waals surface area contributed by atoms with Gasteiger partial charge in [0.25, 0.3) is 5.91 Å². The highest BCUT2D eigenvalue weighted by Gasteiger charge is 2.32. The molecule has 2 aliphatic rings. The molecule has 5 rings (SSSR count). The predicted octanol–water partition coefficient (Wildman–Crippen LogP) is 2.96. The molecule has 4 heterocycles. The molecule has 1 atom stereocenters. The molecule has 1 aliphatic heterocycles. The number of thiophene rings is 1. The number of hydrogen-bond acceptors (Lipinski definition) is 5. The maximum atomic E-state index is 13.1. The highest BCUT2D eigenvalue weighted by molar-refractivity contribution is 7.14. The van der Waals surface area contributed by atoms with E-state index in [-0.39, 0.29) is 11.8 Å². The molecule has 1 fully saturated rings. The van der Waals surface area contributed by atoms with E-state index >= 15 is 0 Å². The van der Waals surface area contributed by atoms with Crippen molar-refractivity contribution >= 4 is 28.3 Å². The van der Waals surface area contributed by atoms with Crippen molar-refractivity contribution < 1.29 is 4.79 Å². The van der Waals surface area contributed by atoms with Gasteiger partial charge in [-0.1, -0.05) is 0 Å². The summed E-state index contributed by atoms with van der Waals surface area (Å²) in [4.78, 5) is 21.9. The Balaban J connectivity index is 1.38. The zero-order valence-corrected chi connectivity index (χ0v) is 16.7. The lowest BCUT2D eigenvalue weighted by Crippen LogP contribution is -2.27. The molecule has 7 heteroatoms. The first-order chi connectivity index (χ1) is 13.7. The lowest BCUT2D eigenvalue weighted by atomic mass is 9.99. The Hall–Kier alpha value is -2.25. The molecule has 3 aromatic heterocycles. The first kappa shape index (κ1) is 17.8. The van der Waals surface area contributed by atoms with E-state index in [9.17, 15) is 4.79 Å². The zero-order valence-electron chi connectivity index (χ0n) is 15.9. The fourth-order valence-corrected chi connectivity index (χ4v) is 5.75. The molecule has 3 aromatic rings. The minimum absolute atomic E-state index is 0.186. The van der Waals surface area contributed by atoms with Gasteiger partial charge in [-0.05, 0) is 55.9 Å². The number of amides is 1. The second-order valence-corrected chi connectivity index (χ2v) is 8.91. The summed E-state index contributed by atoms with van der Waals surface area (Å²) in [6.07, 6.45) is 7.49. The third-order valence-corrected chi connectivity index (χ3v) is 7.17. The fourth-order valence-electron chi connectivity index (χ4n) is 4.53. The van der Waals surface area contributed by atoms with Gasteiger partial charge in [0.1, 0.15) is 0 Å². The SMILES string of the molecule is NCCn1nc([C@H]2CCN(C(=O)c3cc4c(s3)CCCC4)C2)c2cccnc21. The number of likely N-dealkylation sites (tertiary alicyclic amines) is 1. The van der Waals surface area contributed by atoms with Crippen LogP contribution in [0.2, 0.25) is 0 Å². The molecule has 1 amide bonds. The molecule has 0 saturated carbocycles. The number of aromatic nitrogens is 3. The molecule has 0 spiro atoms. The fraction of sp³-hybridized carbons (Fsp3) is 0.476. The average Bonchev–Trinajstić information content (AvgIpc) is 3.44. The molecule has 28 heavy (non-hydrogen) atoms. The number of aryl methyl sites for hydroxylation is 2. The molecule has 0 unspecified atom stereocenters. The zero-order chi connectivity index (χ0) is 19.1. The van der Waals surface area contributed by atoms with E-state index in [2.05, 4.69) is 17.1 Å². The van der Waals surface area contributed by atoms with E-state index in [0.717, 1.165) is 54.0 Å². The van der Waals surface area contributed by atoms with Crippen molar-refractivity contribution in [1.29, 1.82) is 0 Å². The Bertz CT molecular complexity index is 1000. The van der Waals surface area contributed by atoms with Crippen LogP contribution in [0.3, 0.4) is 0 Å². The van der Waals surface area contributed by atoms with Crippen LogP contribution in [0.5, 0.6) is 0 Å². The standard InChI is InChI=1S/C21H25N5OS/c22-8-11-26-20-16(5-3-9-23-20)19(24-26)15-7-10-25(13-15)21(27)18-12-14-4-1-2-6-17(14)28-18/h3,5,9,12,15H,1-2,4,6-8,10-11,13,22H2/t15-/m0/s1. The summed E-state index contributed by atoms with van der Waals surface area (Å²) in [7, 11) is 0. The molecule has 6 nitrogen and oxygen atoms in total. The maximum absolute atomic E-state index is 13.1. The number of carbonyl (C=O) groups is 1. The number of nitrogens with two attached hydrogens (primary N) is 1. The highest BCUT2D eigenvalue weighted by Crippen LogP contribution is 2.34. The minimum Gasteiger partial charge on any atom is -0.337 e. The smallest absolute Gasteiger partial charge is 0.263 e. The van der Waals surface area contributed by atoms with E-state index in [1.807, 2.05) is 15.6 Å². The monoisotopic (exact) mass is 395 g/mol. The van der Waals surface area contributed by atoms with Gasteiger partial charge in [0.2, 0.25) is 0 Å². The lowest BCUT2D eigenvalue weighted by molar-refractivity contribution is 0.0795. The maximum Gasteiger partial charge on any atom is 0.263 e. The van der Waals surface area contributed by atoms with E-state index < -0.39 is 0 Å². The Morgan fingerprint density at radius 3 is 3.07 bits per heavy atom. The van der Waals surface area contributed by atoms with Crippen LogP contribution < -0.4 is 5.73 Å². The van der Waals surface area contributed by atoms with Crippen molar-refractivity contribution in [2.75, 3.05) is 19.6 Å². The Labute approximate surface area is 168 Å². The Morgan fingerprint density at radius 1 is 1.32 bits per heavy atom. The van der Waals surface area contributed by atoms with Crippen molar-refractivity contribution in [3.8, 4) is 0 Å². The summed E-state index contributed by atoms with van der Waals surface area (Å²) in [5.74, 6) is 0.440. The topological polar surface area (TPSA) is 77.0 Å². The van der Waals surface area contributed by atoms with Gasteiger partial charge in [0.15, 0.2) is 5.65 Å². The third-order valence-electron chi connectivity index (χ3n) is 5.95. The van der Waals surface area contributed by atoms with E-state index in [1.54, 1.807) is 17.5 Å². The largest absolute Gasteiger partial charge is 0.337 e.